The van der Waals surface area contributed by atoms with E-state index in [1.807, 2.05) is 13.8 Å². The molecule has 0 spiro atoms. The second-order valence-corrected chi connectivity index (χ2v) is 6.26. The van der Waals surface area contributed by atoms with Crippen molar-refractivity contribution < 1.29 is 14.9 Å². The molecule has 104 valence electrons. The van der Waals surface area contributed by atoms with Gasteiger partial charge < -0.3 is 20.3 Å². The molecule has 2 aliphatic heterocycles. The number of aliphatic imine (C=N–C) groups is 1. The average molecular weight is 274 g/mol. The normalized spacial score (nSPS) is 42.1. The molecule has 0 aromatic rings. The molecule has 2 fully saturated rings. The van der Waals surface area contributed by atoms with Gasteiger partial charge in [-0.2, -0.15) is 0 Å². The van der Waals surface area contributed by atoms with Gasteiger partial charge in [0, 0.05) is 6.54 Å². The largest absolute Gasteiger partial charge is 0.388 e. The van der Waals surface area contributed by atoms with Gasteiger partial charge in [0.1, 0.15) is 17.6 Å². The minimum atomic E-state index is -0.843. The second kappa shape index (κ2) is 5.77. The minimum Gasteiger partial charge on any atom is -0.388 e. The first-order valence-corrected chi connectivity index (χ1v) is 7.41. The standard InChI is InChI=1S/C12H22N2O3S/c1-4-5-13-12-14-7-8(15)9(16)10(6(2)3)17-11(7)18-12/h6-11,15-16H,4-5H2,1-3H3,(H,13,14). The summed E-state index contributed by atoms with van der Waals surface area (Å²) in [5.74, 6) is 0.174. The highest BCUT2D eigenvalue weighted by atomic mass is 32.2. The lowest BCUT2D eigenvalue weighted by atomic mass is 9.91. The number of hydrogen-bond donors (Lipinski definition) is 3. The third-order valence-electron chi connectivity index (χ3n) is 3.29. The van der Waals surface area contributed by atoms with Crippen LogP contribution in [0, 0.1) is 5.92 Å². The monoisotopic (exact) mass is 274 g/mol. The molecule has 5 atom stereocenters. The van der Waals surface area contributed by atoms with Crippen LogP contribution in [0.3, 0.4) is 0 Å². The SMILES string of the molecule is CCCN=C1NC2C(OC(C(C)C)C(O)C2O)S1. The summed E-state index contributed by atoms with van der Waals surface area (Å²) >= 11 is 1.51. The molecule has 3 N–H and O–H groups in total. The van der Waals surface area contributed by atoms with Gasteiger partial charge in [0.15, 0.2) is 5.17 Å². The number of rotatable bonds is 3. The van der Waals surface area contributed by atoms with Crippen molar-refractivity contribution in [1.82, 2.24) is 5.32 Å². The van der Waals surface area contributed by atoms with Crippen LogP contribution in [0.2, 0.25) is 0 Å². The molecule has 2 saturated heterocycles. The minimum absolute atomic E-state index is 0.161. The Kier molecular flexibility index (Phi) is 4.53. The first-order valence-electron chi connectivity index (χ1n) is 6.53. The van der Waals surface area contributed by atoms with E-state index in [-0.39, 0.29) is 23.5 Å². The van der Waals surface area contributed by atoms with Crippen molar-refractivity contribution in [2.24, 2.45) is 10.9 Å². The van der Waals surface area contributed by atoms with E-state index >= 15 is 0 Å². The third-order valence-corrected chi connectivity index (χ3v) is 4.40. The van der Waals surface area contributed by atoms with Crippen molar-refractivity contribution >= 4 is 16.9 Å². The predicted octanol–water partition coefficient (Wildman–Crippen LogP) is 0.560. The molecule has 2 rings (SSSR count). The van der Waals surface area contributed by atoms with Gasteiger partial charge in [-0.25, -0.2) is 0 Å². The zero-order valence-corrected chi connectivity index (χ0v) is 11.9. The van der Waals surface area contributed by atoms with Gasteiger partial charge in [0.05, 0.1) is 12.1 Å². The molecule has 5 nitrogen and oxygen atoms in total. The first-order chi connectivity index (χ1) is 8.54. The number of nitrogens with one attached hydrogen (secondary N) is 1. The highest BCUT2D eigenvalue weighted by Crippen LogP contribution is 2.35. The summed E-state index contributed by atoms with van der Waals surface area (Å²) in [4.78, 5) is 4.39. The van der Waals surface area contributed by atoms with Crippen molar-refractivity contribution in [2.45, 2.75) is 57.0 Å². The smallest absolute Gasteiger partial charge is 0.159 e. The van der Waals surface area contributed by atoms with Crippen LogP contribution in [0.15, 0.2) is 4.99 Å². The number of aliphatic hydroxyl groups excluding tert-OH is 2. The van der Waals surface area contributed by atoms with Crippen LogP contribution in [0.5, 0.6) is 0 Å². The molecule has 5 unspecified atom stereocenters. The van der Waals surface area contributed by atoms with E-state index in [1.165, 1.54) is 11.8 Å². The van der Waals surface area contributed by atoms with Gasteiger partial charge >= 0.3 is 0 Å². The summed E-state index contributed by atoms with van der Waals surface area (Å²) < 4.78 is 5.87. The lowest BCUT2D eigenvalue weighted by molar-refractivity contribution is -0.169. The zero-order chi connectivity index (χ0) is 13.3. The number of hydrogen-bond acceptors (Lipinski definition) is 5. The Hall–Kier alpha value is -0.300. The van der Waals surface area contributed by atoms with Crippen LogP contribution >= 0.6 is 11.8 Å². The van der Waals surface area contributed by atoms with Crippen molar-refractivity contribution in [3.8, 4) is 0 Å². The fraction of sp³-hybridized carbons (Fsp3) is 0.917. The van der Waals surface area contributed by atoms with E-state index in [0.717, 1.165) is 18.1 Å². The molecule has 0 aromatic heterocycles. The molecule has 0 amide bonds. The Morgan fingerprint density at radius 2 is 2.11 bits per heavy atom. The number of fused-ring (bicyclic) bond motifs is 1. The topological polar surface area (TPSA) is 74.1 Å². The molecular formula is C12H22N2O3S. The maximum atomic E-state index is 10.1. The van der Waals surface area contributed by atoms with Crippen molar-refractivity contribution in [2.75, 3.05) is 6.54 Å². The summed E-state index contributed by atoms with van der Waals surface area (Å²) in [6, 6.07) is -0.268. The molecular weight excluding hydrogens is 252 g/mol. The number of aliphatic hydroxyl groups is 2. The van der Waals surface area contributed by atoms with E-state index in [9.17, 15) is 10.2 Å². The number of nitrogens with zero attached hydrogens (tertiary/aromatic N) is 1. The van der Waals surface area contributed by atoms with Gasteiger partial charge in [-0.15, -0.1) is 0 Å². The molecule has 0 bridgehead atoms. The predicted molar refractivity (Wildman–Crippen MR) is 72.6 cm³/mol. The van der Waals surface area contributed by atoms with E-state index < -0.39 is 12.2 Å². The number of thioether (sulfide) groups is 1. The summed E-state index contributed by atoms with van der Waals surface area (Å²) in [6.45, 7) is 6.81. The zero-order valence-electron chi connectivity index (χ0n) is 11.0. The third kappa shape index (κ3) is 2.66. The molecule has 2 aliphatic rings. The maximum absolute atomic E-state index is 10.1. The van der Waals surface area contributed by atoms with Gasteiger partial charge in [0.25, 0.3) is 0 Å². The molecule has 0 aromatic carbocycles. The molecule has 6 heteroatoms. The number of amidine groups is 1. The molecule has 0 radical (unpaired) electrons. The molecule has 18 heavy (non-hydrogen) atoms. The lowest BCUT2D eigenvalue weighted by Gasteiger charge is -2.40. The highest BCUT2D eigenvalue weighted by molar-refractivity contribution is 8.14. The van der Waals surface area contributed by atoms with Crippen LogP contribution in [-0.2, 0) is 4.74 Å². The Labute approximate surface area is 112 Å². The fourth-order valence-corrected chi connectivity index (χ4v) is 3.43. The van der Waals surface area contributed by atoms with E-state index in [4.69, 9.17) is 4.74 Å². The van der Waals surface area contributed by atoms with E-state index in [2.05, 4.69) is 17.2 Å². The quantitative estimate of drug-likeness (QED) is 0.701. The first kappa shape index (κ1) is 14.1. The van der Waals surface area contributed by atoms with E-state index in [0.29, 0.717) is 0 Å². The second-order valence-electron chi connectivity index (χ2n) is 5.17. The Morgan fingerprint density at radius 1 is 1.39 bits per heavy atom. The molecule has 0 saturated carbocycles. The summed E-state index contributed by atoms with van der Waals surface area (Å²) in [7, 11) is 0. The lowest BCUT2D eigenvalue weighted by Crippen LogP contribution is -2.60. The maximum Gasteiger partial charge on any atom is 0.159 e. The van der Waals surface area contributed by atoms with Gasteiger partial charge in [-0.1, -0.05) is 32.5 Å². The van der Waals surface area contributed by atoms with Crippen LogP contribution in [-0.4, -0.2) is 51.7 Å². The van der Waals surface area contributed by atoms with Gasteiger partial charge in [-0.05, 0) is 12.3 Å². The van der Waals surface area contributed by atoms with Crippen LogP contribution in [0.25, 0.3) is 0 Å². The molecule has 2 heterocycles. The van der Waals surface area contributed by atoms with Crippen molar-refractivity contribution in [3.63, 3.8) is 0 Å². The van der Waals surface area contributed by atoms with Gasteiger partial charge in [-0.3, -0.25) is 4.99 Å². The van der Waals surface area contributed by atoms with Crippen molar-refractivity contribution in [1.29, 1.82) is 0 Å². The fourth-order valence-electron chi connectivity index (χ4n) is 2.28. The summed E-state index contributed by atoms with van der Waals surface area (Å²) in [5, 5.41) is 24.2. The van der Waals surface area contributed by atoms with Gasteiger partial charge in [0.2, 0.25) is 0 Å². The Morgan fingerprint density at radius 3 is 2.72 bits per heavy atom. The highest BCUT2D eigenvalue weighted by Gasteiger charge is 2.49. The Balaban J connectivity index is 2.07. The van der Waals surface area contributed by atoms with Crippen LogP contribution in [0.1, 0.15) is 27.2 Å². The van der Waals surface area contributed by atoms with Crippen LogP contribution < -0.4 is 5.32 Å². The average Bonchev–Trinajstić information content (AvgIpc) is 2.74. The number of ether oxygens (including phenoxy) is 1. The molecule has 0 aliphatic carbocycles. The van der Waals surface area contributed by atoms with Crippen molar-refractivity contribution in [3.05, 3.63) is 0 Å². The van der Waals surface area contributed by atoms with Crippen LogP contribution in [0.4, 0.5) is 0 Å². The summed E-state index contributed by atoms with van der Waals surface area (Å²) in [5.41, 5.74) is -0.161. The summed E-state index contributed by atoms with van der Waals surface area (Å²) in [6.07, 6.45) is -0.981. The van der Waals surface area contributed by atoms with E-state index in [1.54, 1.807) is 0 Å². The Bertz CT molecular complexity index is 324.